The molecule has 0 aliphatic carbocycles. The van der Waals surface area contributed by atoms with Crippen molar-refractivity contribution in [1.82, 2.24) is 0 Å². The van der Waals surface area contributed by atoms with Crippen molar-refractivity contribution in [2.24, 2.45) is 5.73 Å². The van der Waals surface area contributed by atoms with Crippen LogP contribution >= 0.6 is 23.2 Å². The van der Waals surface area contributed by atoms with E-state index in [1.54, 1.807) is 12.1 Å². The average Bonchev–Trinajstić information content (AvgIpc) is 2.19. The Morgan fingerprint density at radius 2 is 1.94 bits per heavy atom. The molecule has 1 aromatic carbocycles. The quantitative estimate of drug-likeness (QED) is 0.901. The topological polar surface area (TPSA) is 60.2 Å². The average molecular weight is 282 g/mol. The summed E-state index contributed by atoms with van der Waals surface area (Å²) in [6.45, 7) is 0.369. The maximum absolute atomic E-state index is 11.6. The van der Waals surface area contributed by atoms with Gasteiger partial charge in [0, 0.05) is 10.0 Å². The largest absolute Gasteiger partial charge is 0.330 e. The Morgan fingerprint density at radius 1 is 1.25 bits per heavy atom. The normalized spacial score (nSPS) is 11.7. The molecule has 0 saturated heterocycles. The van der Waals surface area contributed by atoms with E-state index in [0.717, 1.165) is 0 Å². The van der Waals surface area contributed by atoms with Gasteiger partial charge in [-0.05, 0) is 30.7 Å². The van der Waals surface area contributed by atoms with Crippen molar-refractivity contribution in [3.05, 3.63) is 33.8 Å². The second-order valence-electron chi connectivity index (χ2n) is 3.47. The van der Waals surface area contributed by atoms with Gasteiger partial charge in [-0.2, -0.15) is 0 Å². The van der Waals surface area contributed by atoms with Crippen molar-refractivity contribution in [3.8, 4) is 0 Å². The van der Waals surface area contributed by atoms with Gasteiger partial charge in [0.2, 0.25) is 0 Å². The first-order chi connectivity index (χ1) is 7.44. The van der Waals surface area contributed by atoms with Crippen LogP contribution in [-0.2, 0) is 15.6 Å². The predicted octanol–water partition coefficient (Wildman–Crippen LogP) is 2.26. The zero-order chi connectivity index (χ0) is 12.2. The maximum Gasteiger partial charge on any atom is 0.154 e. The van der Waals surface area contributed by atoms with E-state index < -0.39 is 9.84 Å². The van der Waals surface area contributed by atoms with Crippen molar-refractivity contribution in [3.63, 3.8) is 0 Å². The lowest BCUT2D eigenvalue weighted by Gasteiger charge is -2.06. The van der Waals surface area contributed by atoms with E-state index in [-0.39, 0.29) is 11.5 Å². The van der Waals surface area contributed by atoms with Gasteiger partial charge in [-0.1, -0.05) is 29.3 Å². The van der Waals surface area contributed by atoms with E-state index in [0.29, 0.717) is 28.6 Å². The first kappa shape index (κ1) is 13.8. The summed E-state index contributed by atoms with van der Waals surface area (Å²) in [5.74, 6) is 0.0193. The Morgan fingerprint density at radius 3 is 2.50 bits per heavy atom. The van der Waals surface area contributed by atoms with Gasteiger partial charge < -0.3 is 5.73 Å². The van der Waals surface area contributed by atoms with Gasteiger partial charge in [0.1, 0.15) is 0 Å². The molecule has 0 aliphatic heterocycles. The Bertz CT molecular complexity index is 460. The summed E-state index contributed by atoms with van der Waals surface area (Å²) in [6.07, 6.45) is 0.466. The van der Waals surface area contributed by atoms with Crippen molar-refractivity contribution < 1.29 is 8.42 Å². The van der Waals surface area contributed by atoms with Crippen molar-refractivity contribution >= 4 is 33.0 Å². The van der Waals surface area contributed by atoms with Crippen LogP contribution in [0, 0.1) is 0 Å². The Hall–Kier alpha value is -0.290. The number of benzene rings is 1. The minimum Gasteiger partial charge on any atom is -0.330 e. The molecular weight excluding hydrogens is 269 g/mol. The third-order valence-electron chi connectivity index (χ3n) is 2.05. The SMILES string of the molecule is NCCCS(=O)(=O)Cc1ccc(Cl)cc1Cl. The molecule has 0 aromatic heterocycles. The molecule has 0 radical (unpaired) electrons. The Kier molecular flexibility index (Phi) is 5.05. The van der Waals surface area contributed by atoms with Crippen LogP contribution in [-0.4, -0.2) is 20.7 Å². The van der Waals surface area contributed by atoms with Crippen molar-refractivity contribution in [1.29, 1.82) is 0 Å². The van der Waals surface area contributed by atoms with E-state index in [2.05, 4.69) is 0 Å². The molecule has 3 nitrogen and oxygen atoms in total. The van der Waals surface area contributed by atoms with Crippen LogP contribution in [0.1, 0.15) is 12.0 Å². The first-order valence-corrected chi connectivity index (χ1v) is 7.37. The van der Waals surface area contributed by atoms with Gasteiger partial charge in [-0.25, -0.2) is 8.42 Å². The van der Waals surface area contributed by atoms with E-state index in [9.17, 15) is 8.42 Å². The third kappa shape index (κ3) is 4.29. The second-order valence-corrected chi connectivity index (χ2v) is 6.50. The van der Waals surface area contributed by atoms with Crippen LogP contribution in [0.25, 0.3) is 0 Å². The highest BCUT2D eigenvalue weighted by Crippen LogP contribution is 2.22. The fourth-order valence-electron chi connectivity index (χ4n) is 1.25. The number of rotatable bonds is 5. The molecule has 0 atom stereocenters. The van der Waals surface area contributed by atoms with Crippen molar-refractivity contribution in [2.45, 2.75) is 12.2 Å². The number of nitrogens with two attached hydrogens (primary N) is 1. The molecule has 0 spiro atoms. The highest BCUT2D eigenvalue weighted by molar-refractivity contribution is 7.90. The summed E-state index contributed by atoms with van der Waals surface area (Å²) in [7, 11) is -3.14. The predicted molar refractivity (Wildman–Crippen MR) is 67.6 cm³/mol. The lowest BCUT2D eigenvalue weighted by atomic mass is 10.2. The molecule has 6 heteroatoms. The zero-order valence-electron chi connectivity index (χ0n) is 8.62. The molecule has 16 heavy (non-hydrogen) atoms. The molecule has 0 heterocycles. The van der Waals surface area contributed by atoms with E-state index >= 15 is 0 Å². The Labute approximate surface area is 105 Å². The lowest BCUT2D eigenvalue weighted by Crippen LogP contribution is -2.13. The van der Waals surface area contributed by atoms with Crippen LogP contribution in [0.15, 0.2) is 18.2 Å². The van der Waals surface area contributed by atoms with Gasteiger partial charge >= 0.3 is 0 Å². The maximum atomic E-state index is 11.6. The first-order valence-electron chi connectivity index (χ1n) is 4.79. The van der Waals surface area contributed by atoms with Gasteiger partial charge in [0.25, 0.3) is 0 Å². The summed E-state index contributed by atoms with van der Waals surface area (Å²) in [4.78, 5) is 0. The van der Waals surface area contributed by atoms with E-state index in [4.69, 9.17) is 28.9 Å². The van der Waals surface area contributed by atoms with Gasteiger partial charge in [0.05, 0.1) is 11.5 Å². The molecule has 90 valence electrons. The van der Waals surface area contributed by atoms with Crippen LogP contribution in [0.5, 0.6) is 0 Å². The molecule has 0 amide bonds. The fourth-order valence-corrected chi connectivity index (χ4v) is 3.28. The Balaban J connectivity index is 2.80. The number of halogens is 2. The third-order valence-corrected chi connectivity index (χ3v) is 4.30. The summed E-state index contributed by atoms with van der Waals surface area (Å²) < 4.78 is 23.3. The summed E-state index contributed by atoms with van der Waals surface area (Å²) in [6, 6.07) is 4.79. The van der Waals surface area contributed by atoms with Crippen LogP contribution in [0.2, 0.25) is 10.0 Å². The monoisotopic (exact) mass is 281 g/mol. The minimum atomic E-state index is -3.14. The molecule has 1 aromatic rings. The molecule has 1 rings (SSSR count). The highest BCUT2D eigenvalue weighted by Gasteiger charge is 2.13. The molecule has 0 aliphatic rings. The fraction of sp³-hybridized carbons (Fsp3) is 0.400. The number of sulfone groups is 1. The number of hydrogen-bond acceptors (Lipinski definition) is 3. The lowest BCUT2D eigenvalue weighted by molar-refractivity contribution is 0.593. The highest BCUT2D eigenvalue weighted by atomic mass is 35.5. The van der Waals surface area contributed by atoms with E-state index in [1.165, 1.54) is 6.07 Å². The summed E-state index contributed by atoms with van der Waals surface area (Å²) in [5, 5.41) is 0.872. The number of hydrogen-bond donors (Lipinski definition) is 1. The van der Waals surface area contributed by atoms with Gasteiger partial charge in [-0.3, -0.25) is 0 Å². The molecular formula is C10H13Cl2NO2S. The van der Waals surface area contributed by atoms with Crippen LogP contribution < -0.4 is 5.73 Å². The van der Waals surface area contributed by atoms with Crippen LogP contribution in [0.3, 0.4) is 0 Å². The molecule has 2 N–H and O–H groups in total. The molecule has 0 unspecified atom stereocenters. The zero-order valence-corrected chi connectivity index (χ0v) is 10.9. The van der Waals surface area contributed by atoms with Crippen LogP contribution in [0.4, 0.5) is 0 Å². The van der Waals surface area contributed by atoms with Gasteiger partial charge in [0.15, 0.2) is 9.84 Å². The smallest absolute Gasteiger partial charge is 0.154 e. The van der Waals surface area contributed by atoms with Crippen molar-refractivity contribution in [2.75, 3.05) is 12.3 Å². The molecule has 0 bridgehead atoms. The van der Waals surface area contributed by atoms with Gasteiger partial charge in [-0.15, -0.1) is 0 Å². The second kappa shape index (κ2) is 5.87. The van der Waals surface area contributed by atoms with E-state index in [1.807, 2.05) is 0 Å². The summed E-state index contributed by atoms with van der Waals surface area (Å²) in [5.41, 5.74) is 5.84. The standard InChI is InChI=1S/C10H13Cl2NO2S/c11-9-3-2-8(10(12)6-9)7-16(14,15)5-1-4-13/h2-3,6H,1,4-5,7,13H2. The molecule has 0 saturated carbocycles. The molecule has 0 fully saturated rings. The minimum absolute atomic E-state index is 0.0665. The summed E-state index contributed by atoms with van der Waals surface area (Å²) >= 11 is 11.6.